The van der Waals surface area contributed by atoms with Crippen LogP contribution in [0.2, 0.25) is 0 Å². The van der Waals surface area contributed by atoms with Gasteiger partial charge < -0.3 is 15.8 Å². The molecule has 7 heteroatoms. The van der Waals surface area contributed by atoms with E-state index in [0.717, 1.165) is 0 Å². The molecule has 2 fully saturated rings. The van der Waals surface area contributed by atoms with Crippen LogP contribution in [-0.4, -0.2) is 43.7 Å². The summed E-state index contributed by atoms with van der Waals surface area (Å²) in [5.41, 5.74) is 5.56. The minimum Gasteiger partial charge on any atom is -0.444 e. The quantitative estimate of drug-likeness (QED) is 0.741. The number of nitrogens with two attached hydrogens (primary N) is 1. The lowest BCUT2D eigenvalue weighted by Crippen LogP contribution is -2.57. The van der Waals surface area contributed by atoms with Crippen LogP contribution in [-0.2, 0) is 14.6 Å². The molecule has 20 heavy (non-hydrogen) atoms. The summed E-state index contributed by atoms with van der Waals surface area (Å²) in [6.07, 6.45) is 0.769. The number of hydrogen-bond acceptors (Lipinski definition) is 5. The molecule has 0 aromatic heterocycles. The van der Waals surface area contributed by atoms with Crippen molar-refractivity contribution < 1.29 is 17.9 Å². The van der Waals surface area contributed by atoms with Gasteiger partial charge in [-0.3, -0.25) is 0 Å². The average Bonchev–Trinajstić information content (AvgIpc) is 2.18. The maximum atomic E-state index is 11.8. The molecule has 6 nitrogen and oxygen atoms in total. The van der Waals surface area contributed by atoms with Crippen molar-refractivity contribution in [2.24, 2.45) is 17.6 Å². The van der Waals surface area contributed by atoms with E-state index in [4.69, 9.17) is 10.5 Å². The molecule has 0 aromatic carbocycles. The fourth-order valence-electron chi connectivity index (χ4n) is 3.20. The van der Waals surface area contributed by atoms with Crippen LogP contribution in [0.15, 0.2) is 0 Å². The van der Waals surface area contributed by atoms with E-state index < -0.39 is 21.5 Å². The summed E-state index contributed by atoms with van der Waals surface area (Å²) >= 11 is 0. The number of nitrogens with one attached hydrogen (secondary N) is 1. The van der Waals surface area contributed by atoms with E-state index in [1.807, 2.05) is 20.8 Å². The molecule has 2 rings (SSSR count). The molecule has 0 aromatic rings. The van der Waals surface area contributed by atoms with Crippen molar-refractivity contribution in [2.75, 3.05) is 11.5 Å². The summed E-state index contributed by atoms with van der Waals surface area (Å²) in [6, 6.07) is -0.120. The Balaban J connectivity index is 1.96. The number of amides is 1. The van der Waals surface area contributed by atoms with E-state index in [9.17, 15) is 13.2 Å². The van der Waals surface area contributed by atoms with Crippen LogP contribution in [0.4, 0.5) is 4.79 Å². The van der Waals surface area contributed by atoms with Crippen LogP contribution in [0.5, 0.6) is 0 Å². The molecular formula is C13H24N2O4S. The van der Waals surface area contributed by atoms with Gasteiger partial charge >= 0.3 is 6.09 Å². The Morgan fingerprint density at radius 2 is 1.70 bits per heavy atom. The second-order valence-corrected chi connectivity index (χ2v) is 9.14. The van der Waals surface area contributed by atoms with Gasteiger partial charge in [0.15, 0.2) is 9.84 Å². The first-order valence-electron chi connectivity index (χ1n) is 7.01. The Morgan fingerprint density at radius 1 is 1.20 bits per heavy atom. The number of hydrogen-bond donors (Lipinski definition) is 2. The smallest absolute Gasteiger partial charge is 0.407 e. The molecule has 0 spiro atoms. The molecule has 3 N–H and O–H groups in total. The SMILES string of the molecule is CC(C)(C)OC(=O)NC1C[C@@H]2CS(=O)(=O)C[C@H](C1)C2N. The van der Waals surface area contributed by atoms with Gasteiger partial charge in [-0.15, -0.1) is 0 Å². The molecule has 2 unspecified atom stereocenters. The van der Waals surface area contributed by atoms with Gasteiger partial charge in [0.05, 0.1) is 11.5 Å². The number of fused-ring (bicyclic) bond motifs is 2. The van der Waals surface area contributed by atoms with Crippen LogP contribution in [0, 0.1) is 11.8 Å². The summed E-state index contributed by atoms with van der Waals surface area (Å²) in [4.78, 5) is 11.8. The fraction of sp³-hybridized carbons (Fsp3) is 0.923. The molecule has 0 radical (unpaired) electrons. The van der Waals surface area contributed by atoms with Crippen molar-refractivity contribution in [3.05, 3.63) is 0 Å². The summed E-state index contributed by atoms with van der Waals surface area (Å²) in [7, 11) is -2.98. The zero-order valence-corrected chi connectivity index (χ0v) is 13.1. The molecule has 1 aliphatic carbocycles. The second kappa shape index (κ2) is 5.18. The maximum Gasteiger partial charge on any atom is 0.407 e. The summed E-state index contributed by atoms with van der Waals surface area (Å²) in [5, 5.41) is 2.84. The zero-order chi connectivity index (χ0) is 15.1. The monoisotopic (exact) mass is 304 g/mol. The van der Waals surface area contributed by atoms with Crippen molar-refractivity contribution in [1.82, 2.24) is 5.32 Å². The number of rotatable bonds is 1. The first kappa shape index (κ1) is 15.6. The number of carbonyl (C=O) groups is 1. The lowest BCUT2D eigenvalue weighted by Gasteiger charge is -2.43. The van der Waals surface area contributed by atoms with Gasteiger partial charge in [0.1, 0.15) is 5.60 Å². The highest BCUT2D eigenvalue weighted by Gasteiger charge is 2.44. The Hall–Kier alpha value is -0.820. The molecule has 2 aliphatic rings. The lowest BCUT2D eigenvalue weighted by atomic mass is 9.76. The Kier molecular flexibility index (Phi) is 4.03. The highest BCUT2D eigenvalue weighted by Crippen LogP contribution is 2.35. The Morgan fingerprint density at radius 3 is 2.15 bits per heavy atom. The van der Waals surface area contributed by atoms with Crippen molar-refractivity contribution in [3.8, 4) is 0 Å². The third kappa shape index (κ3) is 3.85. The van der Waals surface area contributed by atoms with Crippen molar-refractivity contribution >= 4 is 15.9 Å². The minimum absolute atomic E-state index is 0.0462. The molecule has 2 bridgehead atoms. The molecule has 1 saturated heterocycles. The number of ether oxygens (including phenoxy) is 1. The predicted molar refractivity (Wildman–Crippen MR) is 76.0 cm³/mol. The highest BCUT2D eigenvalue weighted by atomic mass is 32.2. The van der Waals surface area contributed by atoms with E-state index in [1.165, 1.54) is 0 Å². The van der Waals surface area contributed by atoms with Crippen LogP contribution in [0.3, 0.4) is 0 Å². The van der Waals surface area contributed by atoms with Crippen LogP contribution in [0.1, 0.15) is 33.6 Å². The standard InChI is InChI=1S/C13H24N2O4S/c1-13(2,3)19-12(16)15-10-4-8-6-20(17,18)7-9(5-10)11(8)14/h8-11H,4-7,14H2,1-3H3,(H,15,16)/t8-,9+,10?,11?. The molecular weight excluding hydrogens is 280 g/mol. The first-order valence-corrected chi connectivity index (χ1v) is 8.83. The van der Waals surface area contributed by atoms with Crippen LogP contribution in [0.25, 0.3) is 0 Å². The van der Waals surface area contributed by atoms with E-state index in [0.29, 0.717) is 12.8 Å². The molecule has 1 heterocycles. The van der Waals surface area contributed by atoms with Crippen molar-refractivity contribution in [1.29, 1.82) is 0 Å². The zero-order valence-electron chi connectivity index (χ0n) is 12.3. The molecule has 1 amide bonds. The Labute approximate surface area is 120 Å². The average molecular weight is 304 g/mol. The first-order chi connectivity index (χ1) is 9.06. The topological polar surface area (TPSA) is 98.5 Å². The second-order valence-electron chi connectivity index (χ2n) is 6.99. The van der Waals surface area contributed by atoms with E-state index in [1.54, 1.807) is 0 Å². The minimum atomic E-state index is -2.98. The third-order valence-electron chi connectivity index (χ3n) is 3.92. The van der Waals surface area contributed by atoms with Crippen LogP contribution < -0.4 is 11.1 Å². The number of sulfone groups is 1. The van der Waals surface area contributed by atoms with Gasteiger partial charge in [-0.25, -0.2) is 13.2 Å². The van der Waals surface area contributed by atoms with Crippen LogP contribution >= 0.6 is 0 Å². The summed E-state index contributed by atoms with van der Waals surface area (Å²) in [5.74, 6) is 0.147. The van der Waals surface area contributed by atoms with Gasteiger partial charge in [0.25, 0.3) is 0 Å². The summed E-state index contributed by atoms with van der Waals surface area (Å²) < 4.78 is 28.7. The van der Waals surface area contributed by atoms with Crippen molar-refractivity contribution in [3.63, 3.8) is 0 Å². The largest absolute Gasteiger partial charge is 0.444 e. The molecule has 1 saturated carbocycles. The number of alkyl carbamates (subject to hydrolysis) is 1. The molecule has 4 atom stereocenters. The number of carbonyl (C=O) groups excluding carboxylic acids is 1. The lowest BCUT2D eigenvalue weighted by molar-refractivity contribution is 0.0468. The normalized spacial score (nSPS) is 36.2. The molecule has 116 valence electrons. The van der Waals surface area contributed by atoms with Gasteiger partial charge in [-0.2, -0.15) is 0 Å². The van der Waals surface area contributed by atoms with Gasteiger partial charge in [0.2, 0.25) is 0 Å². The summed E-state index contributed by atoms with van der Waals surface area (Å²) in [6.45, 7) is 5.43. The maximum absolute atomic E-state index is 11.8. The van der Waals surface area contributed by atoms with E-state index >= 15 is 0 Å². The fourth-order valence-corrected chi connectivity index (χ4v) is 5.35. The van der Waals surface area contributed by atoms with Gasteiger partial charge in [0, 0.05) is 12.1 Å². The molecule has 1 aliphatic heterocycles. The highest BCUT2D eigenvalue weighted by molar-refractivity contribution is 7.91. The Bertz CT molecular complexity index is 461. The van der Waals surface area contributed by atoms with Crippen molar-refractivity contribution in [2.45, 2.75) is 51.3 Å². The van der Waals surface area contributed by atoms with Gasteiger partial charge in [-0.05, 0) is 45.4 Å². The third-order valence-corrected chi connectivity index (χ3v) is 5.79. The predicted octanol–water partition coefficient (Wildman–Crippen LogP) is 0.662. The van der Waals surface area contributed by atoms with Gasteiger partial charge in [-0.1, -0.05) is 0 Å². The van der Waals surface area contributed by atoms with E-state index in [-0.39, 0.29) is 35.4 Å². The van der Waals surface area contributed by atoms with E-state index in [2.05, 4.69) is 5.32 Å².